The number of carbonyl (C=O) groups is 1. The normalized spacial score (nSPS) is 12.6. The number of nitrogens with one attached hydrogen (secondary N) is 2. The van der Waals surface area contributed by atoms with E-state index in [2.05, 4.69) is 41.0 Å². The molecular weight excluding hydrogens is 248 g/mol. The maximum atomic E-state index is 11.8. The molecular formula is C17H22N2O. The minimum atomic E-state index is -0.191. The minimum Gasteiger partial charge on any atom is -0.353 e. The third-order valence-corrected chi connectivity index (χ3v) is 3.25. The number of hydrogen-bond acceptors (Lipinski definition) is 2. The number of fused-ring (bicyclic) bond motifs is 1. The lowest BCUT2D eigenvalue weighted by Crippen LogP contribution is -2.44. The third-order valence-electron chi connectivity index (χ3n) is 3.25. The van der Waals surface area contributed by atoms with E-state index in [-0.39, 0.29) is 18.0 Å². The molecule has 0 saturated heterocycles. The van der Waals surface area contributed by atoms with E-state index in [1.807, 2.05) is 32.9 Å². The summed E-state index contributed by atoms with van der Waals surface area (Å²) in [5.41, 5.74) is 1.19. The predicted octanol–water partition coefficient (Wildman–Crippen LogP) is 2.84. The fourth-order valence-corrected chi connectivity index (χ4v) is 2.12. The molecule has 3 nitrogen and oxygen atoms in total. The molecule has 0 bridgehead atoms. The quantitative estimate of drug-likeness (QED) is 0.877. The molecule has 3 heteroatoms. The first-order chi connectivity index (χ1) is 9.56. The van der Waals surface area contributed by atoms with Crippen LogP contribution in [0, 0.1) is 0 Å². The molecule has 0 saturated carbocycles. The number of hydrogen-bond donors (Lipinski definition) is 2. The highest BCUT2D eigenvalue weighted by Crippen LogP contribution is 2.15. The highest BCUT2D eigenvalue weighted by Gasteiger charge is 2.12. The largest absolute Gasteiger partial charge is 0.353 e. The third kappa shape index (κ3) is 3.81. The second kappa shape index (κ2) is 6.53. The Labute approximate surface area is 120 Å². The Morgan fingerprint density at radius 3 is 2.45 bits per heavy atom. The van der Waals surface area contributed by atoms with Crippen molar-refractivity contribution in [3.05, 3.63) is 48.0 Å². The predicted molar refractivity (Wildman–Crippen MR) is 83.5 cm³/mol. The van der Waals surface area contributed by atoms with Gasteiger partial charge in [0.25, 0.3) is 0 Å². The van der Waals surface area contributed by atoms with Crippen molar-refractivity contribution in [1.82, 2.24) is 10.6 Å². The number of rotatable bonds is 5. The van der Waals surface area contributed by atoms with Crippen LogP contribution in [0.2, 0.25) is 0 Å². The summed E-state index contributed by atoms with van der Waals surface area (Å²) in [6.45, 7) is 6.51. The highest BCUT2D eigenvalue weighted by atomic mass is 16.2. The summed E-state index contributed by atoms with van der Waals surface area (Å²) in [6, 6.07) is 14.6. The van der Waals surface area contributed by atoms with Crippen LogP contribution in [0.4, 0.5) is 0 Å². The van der Waals surface area contributed by atoms with Gasteiger partial charge < -0.3 is 10.6 Å². The van der Waals surface area contributed by atoms with Gasteiger partial charge in [0.15, 0.2) is 0 Å². The summed E-state index contributed by atoms with van der Waals surface area (Å²) in [5, 5.41) is 8.63. The molecule has 2 rings (SSSR count). The molecule has 0 aliphatic rings. The van der Waals surface area contributed by atoms with Gasteiger partial charge in [-0.3, -0.25) is 4.79 Å². The summed E-state index contributed by atoms with van der Waals surface area (Å²) in [6.07, 6.45) is 0. The first kappa shape index (κ1) is 14.5. The van der Waals surface area contributed by atoms with Crippen molar-refractivity contribution in [2.24, 2.45) is 0 Å². The maximum Gasteiger partial charge on any atom is 0.237 e. The van der Waals surface area contributed by atoms with Crippen molar-refractivity contribution in [3.8, 4) is 0 Å². The molecule has 2 aromatic carbocycles. The summed E-state index contributed by atoms with van der Waals surface area (Å²) < 4.78 is 0. The molecule has 1 amide bonds. The zero-order valence-electron chi connectivity index (χ0n) is 12.3. The molecule has 106 valence electrons. The Hall–Kier alpha value is -1.87. The number of carbonyl (C=O) groups excluding carboxylic acids is 1. The van der Waals surface area contributed by atoms with E-state index in [1.54, 1.807) is 0 Å². The van der Waals surface area contributed by atoms with Crippen LogP contribution in [0.5, 0.6) is 0 Å². The zero-order chi connectivity index (χ0) is 14.5. The Bertz CT molecular complexity index is 592. The molecule has 0 fully saturated rings. The minimum absolute atomic E-state index is 0.0424. The molecule has 0 aliphatic carbocycles. The Morgan fingerprint density at radius 2 is 1.75 bits per heavy atom. The van der Waals surface area contributed by atoms with Crippen LogP contribution in [-0.4, -0.2) is 18.0 Å². The van der Waals surface area contributed by atoms with Gasteiger partial charge in [-0.1, -0.05) is 36.4 Å². The fourth-order valence-electron chi connectivity index (χ4n) is 2.12. The average Bonchev–Trinajstić information content (AvgIpc) is 2.43. The van der Waals surface area contributed by atoms with Gasteiger partial charge in [-0.25, -0.2) is 0 Å². The maximum absolute atomic E-state index is 11.8. The van der Waals surface area contributed by atoms with Gasteiger partial charge in [0.1, 0.15) is 0 Å². The van der Waals surface area contributed by atoms with Crippen molar-refractivity contribution in [3.63, 3.8) is 0 Å². The van der Waals surface area contributed by atoms with Gasteiger partial charge in [-0.05, 0) is 43.2 Å². The summed E-state index contributed by atoms with van der Waals surface area (Å²) in [5.74, 6) is 0.0424. The number of amides is 1. The lowest BCUT2D eigenvalue weighted by molar-refractivity contribution is -0.123. The lowest BCUT2D eigenvalue weighted by atomic mass is 10.1. The van der Waals surface area contributed by atoms with Gasteiger partial charge in [-0.15, -0.1) is 0 Å². The zero-order valence-corrected chi connectivity index (χ0v) is 12.3. The molecule has 0 heterocycles. The number of benzene rings is 2. The molecule has 0 spiro atoms. The van der Waals surface area contributed by atoms with Crippen LogP contribution in [-0.2, 0) is 11.3 Å². The van der Waals surface area contributed by atoms with Gasteiger partial charge in [-0.2, -0.15) is 0 Å². The summed E-state index contributed by atoms with van der Waals surface area (Å²) >= 11 is 0. The van der Waals surface area contributed by atoms with E-state index < -0.39 is 0 Å². The van der Waals surface area contributed by atoms with E-state index in [9.17, 15) is 4.79 Å². The monoisotopic (exact) mass is 270 g/mol. The summed E-state index contributed by atoms with van der Waals surface area (Å²) in [4.78, 5) is 11.8. The fraction of sp³-hybridized carbons (Fsp3) is 0.353. The Kier molecular flexibility index (Phi) is 4.74. The van der Waals surface area contributed by atoms with Crippen LogP contribution in [0.1, 0.15) is 26.3 Å². The Balaban J connectivity index is 1.97. The van der Waals surface area contributed by atoms with E-state index in [1.165, 1.54) is 16.3 Å². The van der Waals surface area contributed by atoms with Crippen molar-refractivity contribution in [2.45, 2.75) is 39.4 Å². The van der Waals surface area contributed by atoms with E-state index in [4.69, 9.17) is 0 Å². The lowest BCUT2D eigenvalue weighted by Gasteiger charge is -2.16. The second-order valence-electron chi connectivity index (χ2n) is 5.45. The molecule has 1 atom stereocenters. The highest BCUT2D eigenvalue weighted by molar-refractivity contribution is 5.83. The second-order valence-corrected chi connectivity index (χ2v) is 5.45. The van der Waals surface area contributed by atoms with Crippen LogP contribution in [0.25, 0.3) is 10.8 Å². The van der Waals surface area contributed by atoms with Crippen LogP contribution >= 0.6 is 0 Å². The molecule has 20 heavy (non-hydrogen) atoms. The van der Waals surface area contributed by atoms with E-state index in [0.717, 1.165) is 0 Å². The first-order valence-electron chi connectivity index (χ1n) is 7.07. The molecule has 0 aromatic heterocycles. The molecule has 2 aromatic rings. The van der Waals surface area contributed by atoms with Crippen molar-refractivity contribution in [1.29, 1.82) is 0 Å². The van der Waals surface area contributed by atoms with Crippen LogP contribution < -0.4 is 10.6 Å². The molecule has 0 radical (unpaired) electrons. The van der Waals surface area contributed by atoms with E-state index >= 15 is 0 Å². The van der Waals surface area contributed by atoms with Gasteiger partial charge in [0.05, 0.1) is 6.04 Å². The SMILES string of the molecule is CC(C)NC(=O)C(C)NCc1ccc2ccccc2c1. The smallest absolute Gasteiger partial charge is 0.237 e. The van der Waals surface area contributed by atoms with Crippen molar-refractivity contribution >= 4 is 16.7 Å². The Morgan fingerprint density at radius 1 is 1.05 bits per heavy atom. The van der Waals surface area contributed by atoms with Crippen molar-refractivity contribution in [2.75, 3.05) is 0 Å². The van der Waals surface area contributed by atoms with Gasteiger partial charge in [0, 0.05) is 12.6 Å². The summed E-state index contributed by atoms with van der Waals surface area (Å²) in [7, 11) is 0. The molecule has 2 N–H and O–H groups in total. The van der Waals surface area contributed by atoms with E-state index in [0.29, 0.717) is 6.54 Å². The molecule has 1 unspecified atom stereocenters. The van der Waals surface area contributed by atoms with Crippen LogP contribution in [0.15, 0.2) is 42.5 Å². The van der Waals surface area contributed by atoms with Gasteiger partial charge >= 0.3 is 0 Å². The van der Waals surface area contributed by atoms with Gasteiger partial charge in [0.2, 0.25) is 5.91 Å². The molecule has 0 aliphatic heterocycles. The average molecular weight is 270 g/mol. The van der Waals surface area contributed by atoms with Crippen LogP contribution in [0.3, 0.4) is 0 Å². The first-order valence-corrected chi connectivity index (χ1v) is 7.07. The van der Waals surface area contributed by atoms with Crippen molar-refractivity contribution < 1.29 is 4.79 Å². The standard InChI is InChI=1S/C17H22N2O/c1-12(2)19-17(20)13(3)18-11-14-8-9-15-6-4-5-7-16(15)10-14/h4-10,12-13,18H,11H2,1-3H3,(H,19,20). The topological polar surface area (TPSA) is 41.1 Å².